The van der Waals surface area contributed by atoms with Gasteiger partial charge in [-0.25, -0.2) is 0 Å². The highest BCUT2D eigenvalue weighted by atomic mass is 19.3. The summed E-state index contributed by atoms with van der Waals surface area (Å²) in [5, 5.41) is 5.34. The van der Waals surface area contributed by atoms with Gasteiger partial charge in [-0.1, -0.05) is 30.3 Å². The number of furan rings is 1. The molecule has 4 aromatic rings. The van der Waals surface area contributed by atoms with E-state index in [1.807, 2.05) is 36.4 Å². The van der Waals surface area contributed by atoms with Crippen molar-refractivity contribution >= 4 is 39.3 Å². The van der Waals surface area contributed by atoms with Gasteiger partial charge in [0.05, 0.1) is 12.7 Å². The molecule has 0 atom stereocenters. The lowest BCUT2D eigenvalue weighted by Crippen LogP contribution is -2.21. The number of ether oxygens (including phenoxy) is 2. The van der Waals surface area contributed by atoms with E-state index in [1.165, 1.54) is 30.5 Å². The number of hydrogen-bond donors (Lipinski definition) is 1. The number of halogens is 2. The minimum absolute atomic E-state index is 0.0284. The SMILES string of the molecule is O=C(COC(=O)Cc1coc2ccc3ccccc3c12)Nc1ccc(OC(F)F)cc1. The first kappa shape index (κ1) is 20.3. The van der Waals surface area contributed by atoms with E-state index in [9.17, 15) is 18.4 Å². The molecule has 0 saturated heterocycles. The van der Waals surface area contributed by atoms with Crippen LogP contribution in [0.3, 0.4) is 0 Å². The third kappa shape index (κ3) is 4.80. The van der Waals surface area contributed by atoms with Crippen LogP contribution in [0.2, 0.25) is 0 Å². The van der Waals surface area contributed by atoms with Crippen molar-refractivity contribution < 1.29 is 32.3 Å². The molecule has 0 spiro atoms. The predicted octanol–water partition coefficient (Wildman–Crippen LogP) is 4.91. The van der Waals surface area contributed by atoms with Gasteiger partial charge in [0.2, 0.25) is 0 Å². The Labute approximate surface area is 175 Å². The Morgan fingerprint density at radius 1 is 1.00 bits per heavy atom. The average Bonchev–Trinajstić information content (AvgIpc) is 3.16. The summed E-state index contributed by atoms with van der Waals surface area (Å²) in [6.07, 6.45) is 1.47. The summed E-state index contributed by atoms with van der Waals surface area (Å²) in [6.45, 7) is -3.41. The van der Waals surface area contributed by atoms with Crippen molar-refractivity contribution in [1.29, 1.82) is 0 Å². The highest BCUT2D eigenvalue weighted by Crippen LogP contribution is 2.30. The fourth-order valence-corrected chi connectivity index (χ4v) is 3.27. The van der Waals surface area contributed by atoms with Crippen LogP contribution in [0.15, 0.2) is 71.3 Å². The number of anilines is 1. The molecule has 0 aliphatic carbocycles. The Balaban J connectivity index is 1.35. The van der Waals surface area contributed by atoms with E-state index in [0.29, 0.717) is 16.8 Å². The van der Waals surface area contributed by atoms with Crippen LogP contribution in [-0.2, 0) is 20.7 Å². The lowest BCUT2D eigenvalue weighted by Gasteiger charge is -2.08. The van der Waals surface area contributed by atoms with Crippen LogP contribution >= 0.6 is 0 Å². The number of carbonyl (C=O) groups excluding carboxylic acids is 2. The van der Waals surface area contributed by atoms with Crippen LogP contribution in [-0.4, -0.2) is 25.1 Å². The molecule has 31 heavy (non-hydrogen) atoms. The normalized spacial score (nSPS) is 11.1. The number of rotatable bonds is 7. The zero-order valence-corrected chi connectivity index (χ0v) is 16.1. The summed E-state index contributed by atoms with van der Waals surface area (Å²) in [5.41, 5.74) is 1.69. The van der Waals surface area contributed by atoms with Crippen molar-refractivity contribution in [3.63, 3.8) is 0 Å². The van der Waals surface area contributed by atoms with Gasteiger partial charge in [0, 0.05) is 16.6 Å². The highest BCUT2D eigenvalue weighted by Gasteiger charge is 2.15. The molecular weight excluding hydrogens is 408 g/mol. The molecule has 1 aromatic heterocycles. The zero-order valence-electron chi connectivity index (χ0n) is 16.1. The molecule has 8 heteroatoms. The summed E-state index contributed by atoms with van der Waals surface area (Å²) in [7, 11) is 0. The van der Waals surface area contributed by atoms with Gasteiger partial charge < -0.3 is 19.2 Å². The number of carbonyl (C=O) groups is 2. The topological polar surface area (TPSA) is 77.8 Å². The van der Waals surface area contributed by atoms with E-state index in [4.69, 9.17) is 9.15 Å². The predicted molar refractivity (Wildman–Crippen MR) is 110 cm³/mol. The van der Waals surface area contributed by atoms with Crippen molar-refractivity contribution in [2.75, 3.05) is 11.9 Å². The maximum atomic E-state index is 12.3. The van der Waals surface area contributed by atoms with Crippen molar-refractivity contribution in [1.82, 2.24) is 0 Å². The molecule has 4 rings (SSSR count). The second kappa shape index (κ2) is 8.83. The van der Waals surface area contributed by atoms with Crippen LogP contribution in [0, 0.1) is 0 Å². The lowest BCUT2D eigenvalue weighted by molar-refractivity contribution is -0.146. The molecule has 0 bridgehead atoms. The van der Waals surface area contributed by atoms with Crippen LogP contribution in [0.5, 0.6) is 5.75 Å². The molecule has 0 aliphatic heterocycles. The highest BCUT2D eigenvalue weighted by molar-refractivity contribution is 6.08. The quantitative estimate of drug-likeness (QED) is 0.426. The van der Waals surface area contributed by atoms with Crippen molar-refractivity contribution in [2.24, 2.45) is 0 Å². The number of nitrogens with one attached hydrogen (secondary N) is 1. The van der Waals surface area contributed by atoms with Crippen LogP contribution in [0.25, 0.3) is 21.7 Å². The van der Waals surface area contributed by atoms with E-state index >= 15 is 0 Å². The Morgan fingerprint density at radius 3 is 2.55 bits per heavy atom. The third-order valence-corrected chi connectivity index (χ3v) is 4.60. The van der Waals surface area contributed by atoms with Crippen LogP contribution < -0.4 is 10.1 Å². The molecule has 1 N–H and O–H groups in total. The Hall–Kier alpha value is -3.94. The number of hydrogen-bond acceptors (Lipinski definition) is 5. The second-order valence-corrected chi connectivity index (χ2v) is 6.71. The zero-order chi connectivity index (χ0) is 21.8. The Kier molecular flexibility index (Phi) is 5.79. The molecule has 1 heterocycles. The summed E-state index contributed by atoms with van der Waals surface area (Å²) in [4.78, 5) is 24.3. The van der Waals surface area contributed by atoms with E-state index in [1.54, 1.807) is 0 Å². The third-order valence-electron chi connectivity index (χ3n) is 4.60. The van der Waals surface area contributed by atoms with Gasteiger partial charge in [0.15, 0.2) is 6.61 Å². The van der Waals surface area contributed by atoms with Gasteiger partial charge in [-0.15, -0.1) is 0 Å². The van der Waals surface area contributed by atoms with Crippen molar-refractivity contribution in [3.8, 4) is 5.75 Å². The molecule has 3 aromatic carbocycles. The molecule has 0 radical (unpaired) electrons. The molecule has 6 nitrogen and oxygen atoms in total. The molecule has 0 unspecified atom stereocenters. The van der Waals surface area contributed by atoms with Crippen molar-refractivity contribution in [2.45, 2.75) is 13.0 Å². The number of amides is 1. The molecule has 0 fully saturated rings. The minimum Gasteiger partial charge on any atom is -0.464 e. The van der Waals surface area contributed by atoms with Gasteiger partial charge in [0.1, 0.15) is 11.3 Å². The van der Waals surface area contributed by atoms with Gasteiger partial charge in [-0.3, -0.25) is 9.59 Å². The summed E-state index contributed by atoms with van der Waals surface area (Å²) < 4.78 is 39.2. The average molecular weight is 425 g/mol. The molecule has 1 amide bonds. The molecule has 0 saturated carbocycles. The standard InChI is InChI=1S/C23H17F2NO5/c24-23(25)31-17-8-6-16(7-9-17)26-20(27)13-30-21(28)11-15-12-29-19-10-5-14-3-1-2-4-18(14)22(15)19/h1-10,12,23H,11,13H2,(H,26,27). The number of fused-ring (bicyclic) bond motifs is 3. The van der Waals surface area contributed by atoms with E-state index in [0.717, 1.165) is 16.2 Å². The number of benzene rings is 3. The van der Waals surface area contributed by atoms with Gasteiger partial charge in [-0.05, 0) is 41.1 Å². The van der Waals surface area contributed by atoms with Crippen LogP contribution in [0.4, 0.5) is 14.5 Å². The maximum Gasteiger partial charge on any atom is 0.387 e. The fraction of sp³-hybridized carbons (Fsp3) is 0.130. The minimum atomic E-state index is -2.93. The first-order valence-corrected chi connectivity index (χ1v) is 9.38. The largest absolute Gasteiger partial charge is 0.464 e. The van der Waals surface area contributed by atoms with Gasteiger partial charge in [-0.2, -0.15) is 8.78 Å². The lowest BCUT2D eigenvalue weighted by atomic mass is 10.0. The van der Waals surface area contributed by atoms with Gasteiger partial charge >= 0.3 is 12.6 Å². The van der Waals surface area contributed by atoms with E-state index in [-0.39, 0.29) is 12.2 Å². The van der Waals surface area contributed by atoms with Gasteiger partial charge in [0.25, 0.3) is 5.91 Å². The summed E-state index contributed by atoms with van der Waals surface area (Å²) in [5.74, 6) is -1.16. The second-order valence-electron chi connectivity index (χ2n) is 6.71. The first-order chi connectivity index (χ1) is 15.0. The number of alkyl halides is 2. The monoisotopic (exact) mass is 425 g/mol. The molecule has 0 aliphatic rings. The first-order valence-electron chi connectivity index (χ1n) is 9.38. The maximum absolute atomic E-state index is 12.3. The summed E-state index contributed by atoms with van der Waals surface area (Å²) in [6, 6.07) is 16.9. The van der Waals surface area contributed by atoms with Crippen LogP contribution in [0.1, 0.15) is 5.56 Å². The number of esters is 1. The summed E-state index contributed by atoms with van der Waals surface area (Å²) >= 11 is 0. The van der Waals surface area contributed by atoms with E-state index in [2.05, 4.69) is 10.1 Å². The molecule has 158 valence electrons. The van der Waals surface area contributed by atoms with E-state index < -0.39 is 25.1 Å². The Morgan fingerprint density at radius 2 is 1.77 bits per heavy atom. The smallest absolute Gasteiger partial charge is 0.387 e. The Bertz CT molecular complexity index is 1230. The van der Waals surface area contributed by atoms with Crippen molar-refractivity contribution in [3.05, 3.63) is 72.5 Å². The fourth-order valence-electron chi connectivity index (χ4n) is 3.27. The molecular formula is C23H17F2NO5.